The van der Waals surface area contributed by atoms with Gasteiger partial charge in [0.05, 0.1) is 18.9 Å². The van der Waals surface area contributed by atoms with Crippen LogP contribution in [-0.4, -0.2) is 47.0 Å². The molecule has 0 atom stereocenters. The van der Waals surface area contributed by atoms with E-state index in [1.807, 2.05) is 56.0 Å². The van der Waals surface area contributed by atoms with E-state index >= 15 is 0 Å². The first-order chi connectivity index (χ1) is 15.8. The van der Waals surface area contributed by atoms with Crippen LogP contribution in [0.25, 0.3) is 11.3 Å². The van der Waals surface area contributed by atoms with Crippen molar-refractivity contribution in [2.45, 2.75) is 26.7 Å². The molecule has 172 valence electrons. The van der Waals surface area contributed by atoms with Crippen LogP contribution in [-0.2, 0) is 11.8 Å². The van der Waals surface area contributed by atoms with E-state index in [4.69, 9.17) is 4.74 Å². The predicted octanol–water partition coefficient (Wildman–Crippen LogP) is 3.36. The van der Waals surface area contributed by atoms with Crippen molar-refractivity contribution >= 4 is 17.3 Å². The van der Waals surface area contributed by atoms with Gasteiger partial charge in [0, 0.05) is 48.8 Å². The Morgan fingerprint density at radius 2 is 1.88 bits per heavy atom. The largest absolute Gasteiger partial charge is 0.378 e. The second kappa shape index (κ2) is 9.54. The van der Waals surface area contributed by atoms with Crippen molar-refractivity contribution < 1.29 is 9.53 Å². The molecule has 33 heavy (non-hydrogen) atoms. The minimum atomic E-state index is -0.198. The van der Waals surface area contributed by atoms with E-state index in [1.165, 1.54) is 4.68 Å². The van der Waals surface area contributed by atoms with E-state index < -0.39 is 0 Å². The Bertz CT molecular complexity index is 1230. The topological polar surface area (TPSA) is 89.4 Å². The first kappa shape index (κ1) is 22.7. The second-order valence-corrected chi connectivity index (χ2v) is 8.55. The Morgan fingerprint density at radius 3 is 2.61 bits per heavy atom. The Balaban J connectivity index is 1.65. The van der Waals surface area contributed by atoms with E-state index in [2.05, 4.69) is 15.4 Å². The summed E-state index contributed by atoms with van der Waals surface area (Å²) in [5, 5.41) is 7.47. The molecule has 1 fully saturated rings. The number of hydrogen-bond acceptors (Lipinski definition) is 6. The van der Waals surface area contributed by atoms with Crippen LogP contribution in [0.3, 0.4) is 0 Å². The van der Waals surface area contributed by atoms with Crippen LogP contribution in [0.2, 0.25) is 0 Å². The third-order valence-electron chi connectivity index (χ3n) is 5.80. The first-order valence-electron chi connectivity index (χ1n) is 11.1. The Hall–Kier alpha value is -3.52. The monoisotopic (exact) mass is 447 g/mol. The molecular weight excluding hydrogens is 418 g/mol. The van der Waals surface area contributed by atoms with Gasteiger partial charge in [0.25, 0.3) is 11.5 Å². The Labute approximate surface area is 193 Å². The minimum absolute atomic E-state index is 0.138. The molecule has 0 spiro atoms. The van der Waals surface area contributed by atoms with Crippen LogP contribution in [0.5, 0.6) is 0 Å². The lowest BCUT2D eigenvalue weighted by Crippen LogP contribution is -2.40. The van der Waals surface area contributed by atoms with Gasteiger partial charge in [0.2, 0.25) is 0 Å². The fourth-order valence-electron chi connectivity index (χ4n) is 3.84. The van der Waals surface area contributed by atoms with Crippen LogP contribution in [0.4, 0.5) is 11.4 Å². The third-order valence-corrected chi connectivity index (χ3v) is 5.80. The predicted molar refractivity (Wildman–Crippen MR) is 129 cm³/mol. The Kier molecular flexibility index (Phi) is 6.55. The number of benzene rings is 1. The van der Waals surface area contributed by atoms with E-state index in [0.717, 1.165) is 16.8 Å². The number of nitrogens with zero attached hydrogens (tertiary/aromatic N) is 4. The van der Waals surface area contributed by atoms with Gasteiger partial charge in [-0.3, -0.25) is 14.6 Å². The highest BCUT2D eigenvalue weighted by Crippen LogP contribution is 2.27. The minimum Gasteiger partial charge on any atom is -0.378 e. The summed E-state index contributed by atoms with van der Waals surface area (Å²) in [5.74, 6) is 0.0386. The van der Waals surface area contributed by atoms with Crippen molar-refractivity contribution in [3.8, 4) is 11.3 Å². The van der Waals surface area contributed by atoms with Crippen molar-refractivity contribution in [1.82, 2.24) is 14.8 Å². The van der Waals surface area contributed by atoms with E-state index in [-0.39, 0.29) is 17.4 Å². The molecule has 8 nitrogen and oxygen atoms in total. The summed E-state index contributed by atoms with van der Waals surface area (Å²) in [6.07, 6.45) is 1.66. The van der Waals surface area contributed by atoms with Gasteiger partial charge in [0.15, 0.2) is 0 Å². The summed E-state index contributed by atoms with van der Waals surface area (Å²) < 4.78 is 6.79. The number of aryl methyl sites for hydroxylation is 2. The number of ether oxygens (including phenoxy) is 1. The smallest absolute Gasteiger partial charge is 0.290 e. The van der Waals surface area contributed by atoms with E-state index in [9.17, 15) is 9.59 Å². The second-order valence-electron chi connectivity index (χ2n) is 8.55. The van der Waals surface area contributed by atoms with Crippen molar-refractivity contribution in [2.75, 3.05) is 36.5 Å². The lowest BCUT2D eigenvalue weighted by atomic mass is 10.0. The standard InChI is InChI=1S/C25H29N5O3/c1-16(2)21-13-18(7-8-26-21)24(31)27-19-6-5-17(3)20(14-19)22-15-23(25(32)29(4)28-22)30-9-11-33-12-10-30/h5-8,13-16H,9-12H2,1-4H3,(H,27,31). The average Bonchev–Trinajstić information content (AvgIpc) is 2.82. The van der Waals surface area contributed by atoms with Gasteiger partial charge in [-0.25, -0.2) is 4.68 Å². The SMILES string of the molecule is Cc1ccc(NC(=O)c2ccnc(C(C)C)c2)cc1-c1cc(N2CCOCC2)c(=O)n(C)n1. The average molecular weight is 448 g/mol. The molecule has 1 aromatic carbocycles. The van der Waals surface area contributed by atoms with Gasteiger partial charge >= 0.3 is 0 Å². The number of aromatic nitrogens is 3. The summed E-state index contributed by atoms with van der Waals surface area (Å²) in [6.45, 7) is 8.59. The third kappa shape index (κ3) is 4.96. The van der Waals surface area contributed by atoms with E-state index in [1.54, 1.807) is 19.3 Å². The number of pyridine rings is 1. The van der Waals surface area contributed by atoms with Crippen molar-refractivity contribution in [3.05, 3.63) is 69.8 Å². The number of amides is 1. The number of anilines is 2. The van der Waals surface area contributed by atoms with Crippen LogP contribution in [0.1, 0.15) is 41.4 Å². The zero-order valence-electron chi connectivity index (χ0n) is 19.5. The fourth-order valence-corrected chi connectivity index (χ4v) is 3.84. The molecule has 1 aliphatic heterocycles. The van der Waals surface area contributed by atoms with Gasteiger partial charge in [0.1, 0.15) is 5.69 Å². The highest BCUT2D eigenvalue weighted by Gasteiger charge is 2.18. The molecule has 2 aromatic heterocycles. The lowest BCUT2D eigenvalue weighted by Gasteiger charge is -2.28. The maximum absolute atomic E-state index is 12.9. The molecule has 0 saturated carbocycles. The Morgan fingerprint density at radius 1 is 1.12 bits per heavy atom. The lowest BCUT2D eigenvalue weighted by molar-refractivity contribution is 0.102. The summed E-state index contributed by atoms with van der Waals surface area (Å²) >= 11 is 0. The number of hydrogen-bond donors (Lipinski definition) is 1. The van der Waals surface area contributed by atoms with Gasteiger partial charge in [-0.2, -0.15) is 5.10 Å². The van der Waals surface area contributed by atoms with Crippen molar-refractivity contribution in [3.63, 3.8) is 0 Å². The summed E-state index contributed by atoms with van der Waals surface area (Å²) in [6, 6.07) is 11.1. The van der Waals surface area contributed by atoms with Gasteiger partial charge in [-0.05, 0) is 48.7 Å². The van der Waals surface area contributed by atoms with E-state index in [0.29, 0.717) is 48.9 Å². The molecule has 3 heterocycles. The molecule has 0 bridgehead atoms. The molecule has 0 unspecified atom stereocenters. The normalized spacial score (nSPS) is 13.9. The van der Waals surface area contributed by atoms with Crippen molar-refractivity contribution in [1.29, 1.82) is 0 Å². The zero-order chi connectivity index (χ0) is 23.5. The molecule has 1 N–H and O–H groups in total. The molecule has 4 rings (SSSR count). The van der Waals surface area contributed by atoms with Crippen LogP contribution in [0.15, 0.2) is 47.4 Å². The maximum Gasteiger partial charge on any atom is 0.290 e. The van der Waals surface area contributed by atoms with Crippen molar-refractivity contribution in [2.24, 2.45) is 7.05 Å². The van der Waals surface area contributed by atoms with Gasteiger partial charge in [-0.1, -0.05) is 19.9 Å². The number of morpholine rings is 1. The number of carbonyl (C=O) groups is 1. The molecule has 1 saturated heterocycles. The maximum atomic E-state index is 12.9. The molecule has 1 amide bonds. The molecule has 3 aromatic rings. The van der Waals surface area contributed by atoms with Crippen LogP contribution >= 0.6 is 0 Å². The fraction of sp³-hybridized carbons (Fsp3) is 0.360. The number of carbonyl (C=O) groups excluding carboxylic acids is 1. The molecule has 1 aliphatic rings. The summed E-state index contributed by atoms with van der Waals surface area (Å²) in [4.78, 5) is 32.0. The quantitative estimate of drug-likeness (QED) is 0.645. The molecule has 0 aliphatic carbocycles. The van der Waals surface area contributed by atoms with Crippen LogP contribution in [0, 0.1) is 6.92 Å². The first-order valence-corrected chi connectivity index (χ1v) is 11.1. The summed E-state index contributed by atoms with van der Waals surface area (Å²) in [7, 11) is 1.66. The van der Waals surface area contributed by atoms with Crippen LogP contribution < -0.4 is 15.8 Å². The molecule has 8 heteroatoms. The summed E-state index contributed by atoms with van der Waals surface area (Å²) in [5.41, 5.74) is 5.10. The number of nitrogens with one attached hydrogen (secondary N) is 1. The number of rotatable bonds is 5. The van der Waals surface area contributed by atoms with Gasteiger partial charge in [-0.15, -0.1) is 0 Å². The highest BCUT2D eigenvalue weighted by atomic mass is 16.5. The molecule has 0 radical (unpaired) electrons. The zero-order valence-corrected chi connectivity index (χ0v) is 19.5. The van der Waals surface area contributed by atoms with Gasteiger partial charge < -0.3 is 15.0 Å². The highest BCUT2D eigenvalue weighted by molar-refractivity contribution is 6.04. The molecular formula is C25H29N5O3.